The standard InChI is InChI=1S/C15H14FNOS/c1-8-3-6-13(19-8)14(17)15-9(2)11-5-4-10(16)7-12(11)18-15/h3-7,14H,17H2,1-2H3. The van der Waals surface area contributed by atoms with E-state index in [2.05, 4.69) is 0 Å². The molecule has 0 aliphatic heterocycles. The van der Waals surface area contributed by atoms with Gasteiger partial charge >= 0.3 is 0 Å². The number of nitrogens with two attached hydrogens (primary N) is 1. The second kappa shape index (κ2) is 4.47. The van der Waals surface area contributed by atoms with E-state index in [9.17, 15) is 4.39 Å². The van der Waals surface area contributed by atoms with Gasteiger partial charge in [-0.05, 0) is 38.1 Å². The molecule has 2 N–H and O–H groups in total. The molecule has 2 nitrogen and oxygen atoms in total. The van der Waals surface area contributed by atoms with Crippen molar-refractivity contribution in [2.75, 3.05) is 0 Å². The average Bonchev–Trinajstić information content (AvgIpc) is 2.93. The Balaban J connectivity index is 2.12. The summed E-state index contributed by atoms with van der Waals surface area (Å²) in [4.78, 5) is 2.27. The lowest BCUT2D eigenvalue weighted by atomic mass is 10.1. The highest BCUT2D eigenvalue weighted by Crippen LogP contribution is 2.34. The van der Waals surface area contributed by atoms with Crippen LogP contribution in [0.1, 0.15) is 27.1 Å². The first-order valence-electron chi connectivity index (χ1n) is 6.06. The molecule has 4 heteroatoms. The average molecular weight is 275 g/mol. The second-order valence-electron chi connectivity index (χ2n) is 4.66. The number of fused-ring (bicyclic) bond motifs is 1. The summed E-state index contributed by atoms with van der Waals surface area (Å²) in [5.41, 5.74) is 7.79. The van der Waals surface area contributed by atoms with E-state index in [0.29, 0.717) is 11.3 Å². The van der Waals surface area contributed by atoms with Crippen molar-refractivity contribution in [1.82, 2.24) is 0 Å². The number of benzene rings is 1. The van der Waals surface area contributed by atoms with Crippen LogP contribution in [0, 0.1) is 19.7 Å². The summed E-state index contributed by atoms with van der Waals surface area (Å²) in [6.07, 6.45) is 0. The molecule has 0 saturated heterocycles. The van der Waals surface area contributed by atoms with Crippen molar-refractivity contribution >= 4 is 22.3 Å². The molecule has 98 valence electrons. The summed E-state index contributed by atoms with van der Waals surface area (Å²) in [6, 6.07) is 8.33. The zero-order valence-electron chi connectivity index (χ0n) is 10.7. The smallest absolute Gasteiger partial charge is 0.137 e. The van der Waals surface area contributed by atoms with E-state index in [-0.39, 0.29) is 11.9 Å². The Morgan fingerprint density at radius 2 is 2.00 bits per heavy atom. The van der Waals surface area contributed by atoms with Gasteiger partial charge in [0, 0.05) is 26.8 Å². The van der Waals surface area contributed by atoms with Crippen molar-refractivity contribution < 1.29 is 8.81 Å². The first kappa shape index (κ1) is 12.4. The van der Waals surface area contributed by atoms with Gasteiger partial charge in [0.15, 0.2) is 0 Å². The van der Waals surface area contributed by atoms with Crippen molar-refractivity contribution in [2.45, 2.75) is 19.9 Å². The first-order valence-corrected chi connectivity index (χ1v) is 6.88. The zero-order chi connectivity index (χ0) is 13.6. The van der Waals surface area contributed by atoms with Crippen LogP contribution in [0.3, 0.4) is 0 Å². The maximum absolute atomic E-state index is 13.2. The molecule has 0 saturated carbocycles. The number of hydrogen-bond donors (Lipinski definition) is 1. The molecular weight excluding hydrogens is 261 g/mol. The Morgan fingerprint density at radius 3 is 2.68 bits per heavy atom. The monoisotopic (exact) mass is 275 g/mol. The quantitative estimate of drug-likeness (QED) is 0.757. The van der Waals surface area contributed by atoms with E-state index in [1.54, 1.807) is 17.4 Å². The van der Waals surface area contributed by atoms with Gasteiger partial charge in [0.05, 0.1) is 6.04 Å². The largest absolute Gasteiger partial charge is 0.459 e. The lowest BCUT2D eigenvalue weighted by Crippen LogP contribution is -2.10. The lowest BCUT2D eigenvalue weighted by molar-refractivity contribution is 0.521. The molecule has 0 amide bonds. The van der Waals surface area contributed by atoms with Crippen LogP contribution in [0.15, 0.2) is 34.7 Å². The summed E-state index contributed by atoms with van der Waals surface area (Å²) < 4.78 is 19.0. The van der Waals surface area contributed by atoms with E-state index in [1.807, 2.05) is 26.0 Å². The lowest BCUT2D eigenvalue weighted by Gasteiger charge is -2.07. The van der Waals surface area contributed by atoms with Gasteiger partial charge in [-0.1, -0.05) is 0 Å². The van der Waals surface area contributed by atoms with Crippen molar-refractivity contribution in [2.24, 2.45) is 5.73 Å². The molecule has 1 aromatic carbocycles. The highest BCUT2D eigenvalue weighted by atomic mass is 32.1. The van der Waals surface area contributed by atoms with Gasteiger partial charge in [0.25, 0.3) is 0 Å². The molecular formula is C15H14FNOS. The summed E-state index contributed by atoms with van der Waals surface area (Å²) in [5.74, 6) is 0.413. The van der Waals surface area contributed by atoms with E-state index in [4.69, 9.17) is 10.2 Å². The minimum absolute atomic E-state index is 0.297. The van der Waals surface area contributed by atoms with Crippen molar-refractivity contribution in [3.05, 3.63) is 57.2 Å². The van der Waals surface area contributed by atoms with Crippen LogP contribution in [-0.2, 0) is 0 Å². The first-order chi connectivity index (χ1) is 9.06. The molecule has 0 aliphatic rings. The molecule has 0 spiro atoms. The van der Waals surface area contributed by atoms with Crippen LogP contribution in [0.2, 0.25) is 0 Å². The Bertz CT molecular complexity index is 744. The molecule has 2 aromatic heterocycles. The van der Waals surface area contributed by atoms with Crippen molar-refractivity contribution in [3.63, 3.8) is 0 Å². The molecule has 19 heavy (non-hydrogen) atoms. The maximum atomic E-state index is 13.2. The Kier molecular flexibility index (Phi) is 2.92. The minimum Gasteiger partial charge on any atom is -0.459 e. The fourth-order valence-corrected chi connectivity index (χ4v) is 3.14. The summed E-state index contributed by atoms with van der Waals surface area (Å²) >= 11 is 1.65. The maximum Gasteiger partial charge on any atom is 0.137 e. The number of rotatable bonds is 2. The minimum atomic E-state index is -0.298. The summed E-state index contributed by atoms with van der Waals surface area (Å²) in [5, 5.41) is 0.917. The molecule has 1 unspecified atom stereocenters. The van der Waals surface area contributed by atoms with Crippen LogP contribution in [0.4, 0.5) is 4.39 Å². The predicted octanol–water partition coefficient (Wildman–Crippen LogP) is 4.30. The molecule has 1 atom stereocenters. The Labute approximate surface area is 114 Å². The molecule has 3 rings (SSSR count). The van der Waals surface area contributed by atoms with Crippen LogP contribution < -0.4 is 5.73 Å². The van der Waals surface area contributed by atoms with Gasteiger partial charge in [-0.3, -0.25) is 0 Å². The number of aryl methyl sites for hydroxylation is 2. The predicted molar refractivity (Wildman–Crippen MR) is 76.0 cm³/mol. The number of halogens is 1. The molecule has 0 radical (unpaired) electrons. The van der Waals surface area contributed by atoms with Crippen LogP contribution in [-0.4, -0.2) is 0 Å². The third-order valence-electron chi connectivity index (χ3n) is 3.29. The van der Waals surface area contributed by atoms with Crippen molar-refractivity contribution in [3.8, 4) is 0 Å². The van der Waals surface area contributed by atoms with Gasteiger partial charge < -0.3 is 10.2 Å². The SMILES string of the molecule is Cc1ccc(C(N)c2oc3cc(F)ccc3c2C)s1. The fourth-order valence-electron chi connectivity index (χ4n) is 2.26. The third kappa shape index (κ3) is 2.07. The summed E-state index contributed by atoms with van der Waals surface area (Å²) in [6.45, 7) is 4.00. The molecule has 0 bridgehead atoms. The third-order valence-corrected chi connectivity index (χ3v) is 4.37. The molecule has 2 heterocycles. The zero-order valence-corrected chi connectivity index (χ0v) is 11.6. The van der Waals surface area contributed by atoms with Gasteiger partial charge in [-0.25, -0.2) is 4.39 Å². The molecule has 0 fully saturated rings. The number of thiophene rings is 1. The van der Waals surface area contributed by atoms with E-state index in [1.165, 1.54) is 17.0 Å². The highest BCUT2D eigenvalue weighted by Gasteiger charge is 2.20. The normalized spacial score (nSPS) is 13.1. The Hall–Kier alpha value is -1.65. The molecule has 3 aromatic rings. The molecule has 0 aliphatic carbocycles. The Morgan fingerprint density at radius 1 is 1.21 bits per heavy atom. The number of furan rings is 1. The van der Waals surface area contributed by atoms with E-state index in [0.717, 1.165) is 15.8 Å². The van der Waals surface area contributed by atoms with Gasteiger partial charge in [-0.2, -0.15) is 0 Å². The van der Waals surface area contributed by atoms with Crippen LogP contribution >= 0.6 is 11.3 Å². The van der Waals surface area contributed by atoms with Crippen LogP contribution in [0.5, 0.6) is 0 Å². The highest BCUT2D eigenvalue weighted by molar-refractivity contribution is 7.12. The van der Waals surface area contributed by atoms with Crippen LogP contribution in [0.25, 0.3) is 11.0 Å². The second-order valence-corrected chi connectivity index (χ2v) is 5.98. The fraction of sp³-hybridized carbons (Fsp3) is 0.200. The van der Waals surface area contributed by atoms with E-state index < -0.39 is 0 Å². The number of hydrogen-bond acceptors (Lipinski definition) is 3. The van der Waals surface area contributed by atoms with E-state index >= 15 is 0 Å². The van der Waals surface area contributed by atoms with Gasteiger partial charge in [0.1, 0.15) is 17.2 Å². The van der Waals surface area contributed by atoms with Gasteiger partial charge in [-0.15, -0.1) is 11.3 Å². The topological polar surface area (TPSA) is 39.2 Å². The summed E-state index contributed by atoms with van der Waals surface area (Å²) in [7, 11) is 0. The van der Waals surface area contributed by atoms with Gasteiger partial charge in [0.2, 0.25) is 0 Å². The van der Waals surface area contributed by atoms with Crippen molar-refractivity contribution in [1.29, 1.82) is 0 Å².